The van der Waals surface area contributed by atoms with Crippen molar-refractivity contribution in [1.29, 1.82) is 0 Å². The third kappa shape index (κ3) is 5.32. The molecule has 0 radical (unpaired) electrons. The Hall–Kier alpha value is -1.68. The average Bonchev–Trinajstić information content (AvgIpc) is 2.77. The predicted molar refractivity (Wildman–Crippen MR) is 126 cm³/mol. The molecule has 3 heteroatoms. The fourth-order valence-electron chi connectivity index (χ4n) is 5.51. The van der Waals surface area contributed by atoms with Gasteiger partial charge >= 0.3 is 0 Å². The van der Waals surface area contributed by atoms with Crippen molar-refractivity contribution in [3.05, 3.63) is 71.8 Å². The molecule has 0 bridgehead atoms. The van der Waals surface area contributed by atoms with Gasteiger partial charge in [0, 0.05) is 38.3 Å². The van der Waals surface area contributed by atoms with Gasteiger partial charge in [-0.3, -0.25) is 14.7 Å². The molecule has 2 aliphatic rings. The second-order valence-corrected chi connectivity index (χ2v) is 9.77. The first-order valence-corrected chi connectivity index (χ1v) is 11.8. The molecule has 2 fully saturated rings. The van der Waals surface area contributed by atoms with E-state index in [4.69, 9.17) is 0 Å². The highest BCUT2D eigenvalue weighted by Gasteiger charge is 2.36. The maximum atomic E-state index is 2.75. The molecule has 4 atom stereocenters. The number of likely N-dealkylation sites (N-methyl/N-ethyl adjacent to an activating group) is 1. The zero-order chi connectivity index (χ0) is 20.9. The standard InChI is InChI=1S/C27H39N3/c1-22-14-16-29(18-24-10-6-4-7-11-24)20-26(22)28(3)27-21-30(17-15-23(27)2)19-25-12-8-5-9-13-25/h4-13,22-23,26-27H,14-21H2,1-3H3/t22-,23?,26+,27?/m1/s1. The van der Waals surface area contributed by atoms with E-state index >= 15 is 0 Å². The van der Waals surface area contributed by atoms with Crippen LogP contribution in [0.15, 0.2) is 60.7 Å². The monoisotopic (exact) mass is 405 g/mol. The van der Waals surface area contributed by atoms with Crippen molar-refractivity contribution in [3.8, 4) is 0 Å². The van der Waals surface area contributed by atoms with E-state index in [2.05, 4.69) is 96.3 Å². The van der Waals surface area contributed by atoms with E-state index in [0.29, 0.717) is 12.1 Å². The van der Waals surface area contributed by atoms with Crippen molar-refractivity contribution in [1.82, 2.24) is 14.7 Å². The summed E-state index contributed by atoms with van der Waals surface area (Å²) in [6, 6.07) is 23.2. The molecule has 162 valence electrons. The highest BCUT2D eigenvalue weighted by Crippen LogP contribution is 2.29. The fourth-order valence-corrected chi connectivity index (χ4v) is 5.51. The lowest BCUT2D eigenvalue weighted by molar-refractivity contribution is -0.00231. The molecule has 2 aromatic carbocycles. The van der Waals surface area contributed by atoms with E-state index in [0.717, 1.165) is 24.9 Å². The van der Waals surface area contributed by atoms with Crippen molar-refractivity contribution in [3.63, 3.8) is 0 Å². The molecule has 3 nitrogen and oxygen atoms in total. The lowest BCUT2D eigenvalue weighted by Gasteiger charge is -2.49. The van der Waals surface area contributed by atoms with E-state index in [9.17, 15) is 0 Å². The number of benzene rings is 2. The van der Waals surface area contributed by atoms with Crippen LogP contribution >= 0.6 is 0 Å². The summed E-state index contributed by atoms with van der Waals surface area (Å²) < 4.78 is 0. The first-order valence-electron chi connectivity index (χ1n) is 11.8. The average molecular weight is 406 g/mol. The predicted octanol–water partition coefficient (Wildman–Crippen LogP) is 4.74. The summed E-state index contributed by atoms with van der Waals surface area (Å²) in [5, 5.41) is 0. The molecular weight excluding hydrogens is 366 g/mol. The molecule has 4 rings (SSSR count). The van der Waals surface area contributed by atoms with Crippen molar-refractivity contribution in [2.45, 2.75) is 51.9 Å². The highest BCUT2D eigenvalue weighted by atomic mass is 15.3. The Balaban J connectivity index is 1.39. The molecule has 2 heterocycles. The normalized spacial score (nSPS) is 28.7. The number of rotatable bonds is 6. The van der Waals surface area contributed by atoms with Crippen LogP contribution in [0.4, 0.5) is 0 Å². The molecule has 0 saturated carbocycles. The van der Waals surface area contributed by atoms with E-state index in [1.807, 2.05) is 0 Å². The number of hydrogen-bond donors (Lipinski definition) is 0. The molecule has 2 saturated heterocycles. The van der Waals surface area contributed by atoms with Gasteiger partial charge in [0.1, 0.15) is 0 Å². The molecule has 0 spiro atoms. The first-order chi connectivity index (χ1) is 14.6. The van der Waals surface area contributed by atoms with Gasteiger partial charge in [-0.2, -0.15) is 0 Å². The van der Waals surface area contributed by atoms with Gasteiger partial charge in [0.05, 0.1) is 0 Å². The second-order valence-electron chi connectivity index (χ2n) is 9.77. The van der Waals surface area contributed by atoms with Crippen molar-refractivity contribution in [2.24, 2.45) is 11.8 Å². The fraction of sp³-hybridized carbons (Fsp3) is 0.556. The molecule has 0 N–H and O–H groups in total. The van der Waals surface area contributed by atoms with Crippen LogP contribution in [0, 0.1) is 11.8 Å². The van der Waals surface area contributed by atoms with Crippen LogP contribution in [-0.2, 0) is 13.1 Å². The van der Waals surface area contributed by atoms with E-state index in [-0.39, 0.29) is 0 Å². The second kappa shape index (κ2) is 10.1. The van der Waals surface area contributed by atoms with Gasteiger partial charge in [-0.25, -0.2) is 0 Å². The summed E-state index contributed by atoms with van der Waals surface area (Å²) in [4.78, 5) is 8.10. The summed E-state index contributed by atoms with van der Waals surface area (Å²) in [6.45, 7) is 11.9. The van der Waals surface area contributed by atoms with Crippen molar-refractivity contribution < 1.29 is 0 Å². The van der Waals surface area contributed by atoms with Gasteiger partial charge in [-0.05, 0) is 55.9 Å². The van der Waals surface area contributed by atoms with E-state index in [1.165, 1.54) is 50.1 Å². The third-order valence-electron chi connectivity index (χ3n) is 7.55. The van der Waals surface area contributed by atoms with Crippen LogP contribution in [0.3, 0.4) is 0 Å². The summed E-state index contributed by atoms with van der Waals surface area (Å²) in [5.74, 6) is 1.53. The molecule has 2 aromatic rings. The van der Waals surface area contributed by atoms with Crippen molar-refractivity contribution in [2.75, 3.05) is 33.2 Å². The van der Waals surface area contributed by atoms with Gasteiger partial charge in [0.15, 0.2) is 0 Å². The number of piperidine rings is 2. The SMILES string of the molecule is CC1CCN(Cc2ccccc2)CC1N(C)[C@H]1CN(Cc2ccccc2)CC[C@H]1C. The summed E-state index contributed by atoms with van der Waals surface area (Å²) in [5.41, 5.74) is 2.88. The summed E-state index contributed by atoms with van der Waals surface area (Å²) >= 11 is 0. The molecule has 0 aromatic heterocycles. The lowest BCUT2D eigenvalue weighted by atomic mass is 9.86. The topological polar surface area (TPSA) is 9.72 Å². The molecule has 30 heavy (non-hydrogen) atoms. The smallest absolute Gasteiger partial charge is 0.0249 e. The van der Waals surface area contributed by atoms with Crippen LogP contribution in [0.1, 0.15) is 37.8 Å². The van der Waals surface area contributed by atoms with Gasteiger partial charge in [-0.15, -0.1) is 0 Å². The minimum Gasteiger partial charge on any atom is -0.298 e. The Morgan fingerprint density at radius 2 is 1.10 bits per heavy atom. The van der Waals surface area contributed by atoms with E-state index < -0.39 is 0 Å². The zero-order valence-corrected chi connectivity index (χ0v) is 19.1. The third-order valence-corrected chi connectivity index (χ3v) is 7.55. The van der Waals surface area contributed by atoms with Crippen LogP contribution in [0.25, 0.3) is 0 Å². The highest BCUT2D eigenvalue weighted by molar-refractivity contribution is 5.15. The van der Waals surface area contributed by atoms with Gasteiger partial charge in [0.2, 0.25) is 0 Å². The lowest BCUT2D eigenvalue weighted by Crippen LogP contribution is -2.58. The minimum absolute atomic E-state index is 0.645. The van der Waals surface area contributed by atoms with Gasteiger partial charge in [0.25, 0.3) is 0 Å². The Bertz CT molecular complexity index is 697. The maximum Gasteiger partial charge on any atom is 0.0249 e. The quantitative estimate of drug-likeness (QED) is 0.687. The first kappa shape index (κ1) is 21.5. The van der Waals surface area contributed by atoms with Crippen LogP contribution in [0.2, 0.25) is 0 Å². The van der Waals surface area contributed by atoms with Crippen LogP contribution in [-0.4, -0.2) is 60.0 Å². The largest absolute Gasteiger partial charge is 0.298 e. The molecule has 2 aliphatic heterocycles. The Kier molecular flexibility index (Phi) is 7.24. The van der Waals surface area contributed by atoms with Gasteiger partial charge in [-0.1, -0.05) is 74.5 Å². The summed E-state index contributed by atoms with van der Waals surface area (Å²) in [6.07, 6.45) is 2.60. The molecule has 2 unspecified atom stereocenters. The zero-order valence-electron chi connectivity index (χ0n) is 19.1. The van der Waals surface area contributed by atoms with Crippen molar-refractivity contribution >= 4 is 0 Å². The van der Waals surface area contributed by atoms with Gasteiger partial charge < -0.3 is 0 Å². The molecule has 0 amide bonds. The maximum absolute atomic E-state index is 2.75. The Morgan fingerprint density at radius 1 is 0.700 bits per heavy atom. The van der Waals surface area contributed by atoms with Crippen LogP contribution < -0.4 is 0 Å². The minimum atomic E-state index is 0.645. The summed E-state index contributed by atoms with van der Waals surface area (Å²) in [7, 11) is 2.40. The number of nitrogens with zero attached hydrogens (tertiary/aromatic N) is 3. The Morgan fingerprint density at radius 3 is 1.50 bits per heavy atom. The number of hydrogen-bond acceptors (Lipinski definition) is 3. The van der Waals surface area contributed by atoms with E-state index in [1.54, 1.807) is 0 Å². The van der Waals surface area contributed by atoms with Crippen LogP contribution in [0.5, 0.6) is 0 Å². The Labute approximate surface area is 183 Å². The molecule has 0 aliphatic carbocycles. The molecular formula is C27H39N3. The number of likely N-dealkylation sites (tertiary alicyclic amines) is 2.